The lowest BCUT2D eigenvalue weighted by Crippen LogP contribution is -3.28. The maximum Gasteiger partial charge on any atom is 0.230 e. The minimum atomic E-state index is -0.296. The van der Waals surface area contributed by atoms with Crippen molar-refractivity contribution in [1.29, 1.82) is 0 Å². The van der Waals surface area contributed by atoms with Crippen molar-refractivity contribution in [3.8, 4) is 11.1 Å². The van der Waals surface area contributed by atoms with Crippen LogP contribution in [0.4, 0.5) is 10.1 Å². The molecule has 0 radical (unpaired) electrons. The van der Waals surface area contributed by atoms with Gasteiger partial charge in [-0.3, -0.25) is 4.79 Å². The predicted octanol–water partition coefficient (Wildman–Crippen LogP) is 1.71. The van der Waals surface area contributed by atoms with Gasteiger partial charge in [0.1, 0.15) is 38.0 Å². The number of rotatable bonds is 5. The van der Waals surface area contributed by atoms with Crippen LogP contribution in [0.25, 0.3) is 11.1 Å². The molecule has 2 aliphatic rings. The quantitative estimate of drug-likeness (QED) is 0.581. The Morgan fingerprint density at radius 2 is 1.42 bits per heavy atom. The average Bonchev–Trinajstić information content (AvgIpc) is 3.14. The smallest absolute Gasteiger partial charge is 0.230 e. The summed E-state index contributed by atoms with van der Waals surface area (Å²) >= 11 is 0. The molecule has 1 heterocycles. The first-order chi connectivity index (χ1) is 15.2. The van der Waals surface area contributed by atoms with Gasteiger partial charge >= 0.3 is 0 Å². The number of amides is 1. The highest BCUT2D eigenvalue weighted by atomic mass is 19.1. The van der Waals surface area contributed by atoms with Crippen LogP contribution in [0, 0.1) is 5.82 Å². The lowest BCUT2D eigenvalue weighted by Gasteiger charge is -2.33. The molecule has 0 spiro atoms. The largest absolute Gasteiger partial charge is 0.326 e. The van der Waals surface area contributed by atoms with E-state index in [0.29, 0.717) is 18.2 Å². The second-order valence-electron chi connectivity index (χ2n) is 8.57. The average molecular weight is 418 g/mol. The summed E-state index contributed by atoms with van der Waals surface area (Å²) in [4.78, 5) is 15.4. The van der Waals surface area contributed by atoms with E-state index in [2.05, 4.69) is 53.8 Å². The fraction of sp³-hybridized carbons (Fsp3) is 0.269. The molecule has 1 fully saturated rings. The normalized spacial score (nSPS) is 20.2. The van der Waals surface area contributed by atoms with Gasteiger partial charge in [-0.05, 0) is 35.4 Å². The topological polar surface area (TPSA) is 38.0 Å². The molecule has 1 aliphatic heterocycles. The van der Waals surface area contributed by atoms with Crippen LogP contribution in [0.15, 0.2) is 72.8 Å². The third kappa shape index (κ3) is 4.11. The van der Waals surface area contributed by atoms with Gasteiger partial charge in [0.05, 0.1) is 13.0 Å². The fourth-order valence-corrected chi connectivity index (χ4v) is 5.11. The number of benzene rings is 3. The summed E-state index contributed by atoms with van der Waals surface area (Å²) in [5, 5.41) is 2.86. The molecule has 0 aromatic heterocycles. The molecule has 0 bridgehead atoms. The van der Waals surface area contributed by atoms with E-state index >= 15 is 0 Å². The molecule has 158 valence electrons. The summed E-state index contributed by atoms with van der Waals surface area (Å²) in [5.41, 5.74) is 6.29. The Kier molecular flexibility index (Phi) is 5.53. The Labute approximate surface area is 182 Å². The molecule has 5 rings (SSSR count). The van der Waals surface area contributed by atoms with Crippen LogP contribution in [-0.2, 0) is 4.79 Å². The van der Waals surface area contributed by atoms with E-state index in [9.17, 15) is 9.18 Å². The zero-order valence-electron chi connectivity index (χ0n) is 17.5. The van der Waals surface area contributed by atoms with E-state index in [1.807, 2.05) is 0 Å². The number of nitrogens with one attached hydrogen (secondary N) is 3. The van der Waals surface area contributed by atoms with Crippen LogP contribution in [0.1, 0.15) is 23.6 Å². The Hall–Kier alpha value is -3.02. The minimum absolute atomic E-state index is 0.00691. The minimum Gasteiger partial charge on any atom is -0.326 e. The zero-order valence-corrected chi connectivity index (χ0v) is 17.5. The van der Waals surface area contributed by atoms with E-state index < -0.39 is 0 Å². The van der Waals surface area contributed by atoms with Gasteiger partial charge in [-0.15, -0.1) is 0 Å². The SMILES string of the molecule is O=C(CC[NH+]1CC[NH+](C2c3ccccc3-c3ccccc32)CC1)Nc1ccc(F)cc1. The lowest BCUT2D eigenvalue weighted by molar-refractivity contribution is -1.02. The predicted molar refractivity (Wildman–Crippen MR) is 120 cm³/mol. The van der Waals surface area contributed by atoms with Crippen molar-refractivity contribution in [2.45, 2.75) is 12.5 Å². The molecule has 3 N–H and O–H groups in total. The summed E-state index contributed by atoms with van der Waals surface area (Å²) in [6.45, 7) is 5.17. The van der Waals surface area contributed by atoms with Crippen molar-refractivity contribution in [2.24, 2.45) is 0 Å². The van der Waals surface area contributed by atoms with Crippen LogP contribution in [0.3, 0.4) is 0 Å². The van der Waals surface area contributed by atoms with Gasteiger partial charge < -0.3 is 15.1 Å². The van der Waals surface area contributed by atoms with Crippen LogP contribution in [0.5, 0.6) is 0 Å². The molecular weight excluding hydrogens is 389 g/mol. The Morgan fingerprint density at radius 3 is 2.03 bits per heavy atom. The second kappa shape index (κ2) is 8.61. The number of hydrogen-bond donors (Lipinski definition) is 3. The third-order valence-electron chi connectivity index (χ3n) is 6.67. The van der Waals surface area contributed by atoms with E-state index in [4.69, 9.17) is 0 Å². The van der Waals surface area contributed by atoms with Crippen molar-refractivity contribution in [1.82, 2.24) is 0 Å². The van der Waals surface area contributed by atoms with Gasteiger partial charge in [-0.25, -0.2) is 4.39 Å². The molecule has 0 saturated carbocycles. The third-order valence-corrected chi connectivity index (χ3v) is 6.67. The van der Waals surface area contributed by atoms with Crippen molar-refractivity contribution >= 4 is 11.6 Å². The molecule has 31 heavy (non-hydrogen) atoms. The maximum absolute atomic E-state index is 13.0. The highest BCUT2D eigenvalue weighted by Gasteiger charge is 2.38. The molecule has 4 nitrogen and oxygen atoms in total. The first-order valence-electron chi connectivity index (χ1n) is 11.1. The van der Waals surface area contributed by atoms with E-state index in [1.165, 1.54) is 39.3 Å². The highest BCUT2D eigenvalue weighted by molar-refractivity contribution is 5.90. The molecular formula is C26H28FN3O+2. The number of carbonyl (C=O) groups is 1. The highest BCUT2D eigenvalue weighted by Crippen LogP contribution is 2.41. The van der Waals surface area contributed by atoms with Crippen molar-refractivity contribution < 1.29 is 19.0 Å². The second-order valence-corrected chi connectivity index (χ2v) is 8.57. The number of anilines is 1. The van der Waals surface area contributed by atoms with Crippen molar-refractivity contribution in [3.05, 3.63) is 89.7 Å². The zero-order chi connectivity index (χ0) is 21.2. The summed E-state index contributed by atoms with van der Waals surface area (Å²) in [6.07, 6.45) is 0.483. The lowest BCUT2D eigenvalue weighted by atomic mass is 10.0. The van der Waals surface area contributed by atoms with Gasteiger partial charge in [0.2, 0.25) is 5.91 Å². The first kappa shape index (κ1) is 19.9. The standard InChI is InChI=1S/C26H26FN3O/c27-19-9-11-20(12-10-19)28-25(31)13-14-29-15-17-30(18-16-29)26-23-7-3-1-5-21(23)22-6-2-4-8-24(22)26/h1-12,26H,13-18H2,(H,28,31)/p+2. The van der Waals surface area contributed by atoms with Crippen molar-refractivity contribution in [2.75, 3.05) is 38.0 Å². The summed E-state index contributed by atoms with van der Waals surface area (Å²) in [5.74, 6) is -0.303. The van der Waals surface area contributed by atoms with Crippen LogP contribution >= 0.6 is 0 Å². The molecule has 0 unspecified atom stereocenters. The first-order valence-corrected chi connectivity index (χ1v) is 11.1. The molecule has 1 aliphatic carbocycles. The summed E-state index contributed by atoms with van der Waals surface area (Å²) < 4.78 is 13.0. The monoisotopic (exact) mass is 417 g/mol. The van der Waals surface area contributed by atoms with Gasteiger partial charge in [0.25, 0.3) is 0 Å². The number of halogens is 1. The maximum atomic E-state index is 13.0. The van der Waals surface area contributed by atoms with E-state index in [0.717, 1.165) is 32.7 Å². The van der Waals surface area contributed by atoms with Gasteiger partial charge in [0.15, 0.2) is 0 Å². The number of quaternary nitrogens is 2. The van der Waals surface area contributed by atoms with E-state index in [1.54, 1.807) is 17.0 Å². The molecule has 1 saturated heterocycles. The van der Waals surface area contributed by atoms with Crippen LogP contribution in [-0.4, -0.2) is 38.6 Å². The Morgan fingerprint density at radius 1 is 0.839 bits per heavy atom. The van der Waals surface area contributed by atoms with Crippen molar-refractivity contribution in [3.63, 3.8) is 0 Å². The number of carbonyl (C=O) groups excluding carboxylic acids is 1. The van der Waals surface area contributed by atoms with Crippen LogP contribution < -0.4 is 15.1 Å². The molecule has 5 heteroatoms. The molecule has 1 amide bonds. The number of fused-ring (bicyclic) bond motifs is 3. The number of piperazine rings is 1. The summed E-state index contributed by atoms with van der Waals surface area (Å²) in [7, 11) is 0. The van der Waals surface area contributed by atoms with Gasteiger partial charge in [-0.1, -0.05) is 48.5 Å². The Balaban J connectivity index is 1.18. The molecule has 0 atom stereocenters. The van der Waals surface area contributed by atoms with Gasteiger partial charge in [-0.2, -0.15) is 0 Å². The van der Waals surface area contributed by atoms with E-state index in [-0.39, 0.29) is 11.7 Å². The number of hydrogen-bond acceptors (Lipinski definition) is 1. The fourth-order valence-electron chi connectivity index (χ4n) is 5.11. The van der Waals surface area contributed by atoms with Crippen LogP contribution in [0.2, 0.25) is 0 Å². The van der Waals surface area contributed by atoms with Gasteiger partial charge in [0, 0.05) is 16.8 Å². The molecule has 3 aromatic rings. The summed E-state index contributed by atoms with van der Waals surface area (Å²) in [6, 6.07) is 24.0. The molecule has 3 aromatic carbocycles. The Bertz CT molecular complexity index is 1030.